The summed E-state index contributed by atoms with van der Waals surface area (Å²) >= 11 is 0. The molecule has 0 aliphatic heterocycles. The molecule has 0 fully saturated rings. The maximum atomic E-state index is 13.6. The SMILES string of the molecule is COc1ccc([C@@H](C)NC(=O)[C@@H](C)S(C)(=O)=O)cc1F. The number of methoxy groups -OCH3 is 1. The Labute approximate surface area is 118 Å². The zero-order valence-electron chi connectivity index (χ0n) is 11.8. The van der Waals surface area contributed by atoms with Crippen LogP contribution in [-0.2, 0) is 14.6 Å². The molecule has 0 aliphatic rings. The first-order chi connectivity index (χ1) is 9.16. The minimum absolute atomic E-state index is 0.108. The number of ether oxygens (including phenoxy) is 1. The van der Waals surface area contributed by atoms with Crippen LogP contribution in [-0.4, -0.2) is 32.9 Å². The largest absolute Gasteiger partial charge is 0.494 e. The van der Waals surface area contributed by atoms with E-state index in [0.717, 1.165) is 6.26 Å². The third-order valence-corrected chi connectivity index (χ3v) is 4.54. The second-order valence-electron chi connectivity index (χ2n) is 4.60. The predicted octanol–water partition coefficient (Wildman–Crippen LogP) is 1.44. The molecule has 1 rings (SSSR count). The van der Waals surface area contributed by atoms with E-state index in [4.69, 9.17) is 4.74 Å². The first kappa shape index (κ1) is 16.4. The molecule has 1 aromatic carbocycles. The molecule has 2 atom stereocenters. The minimum atomic E-state index is -3.45. The number of carbonyl (C=O) groups excluding carboxylic acids is 1. The van der Waals surface area contributed by atoms with Crippen molar-refractivity contribution in [1.29, 1.82) is 0 Å². The molecule has 112 valence electrons. The summed E-state index contributed by atoms with van der Waals surface area (Å²) in [5.74, 6) is -1.05. The molecule has 20 heavy (non-hydrogen) atoms. The number of rotatable bonds is 5. The number of halogens is 1. The van der Waals surface area contributed by atoms with Gasteiger partial charge in [-0.3, -0.25) is 4.79 Å². The number of nitrogens with one attached hydrogen (secondary N) is 1. The Morgan fingerprint density at radius 3 is 2.40 bits per heavy atom. The van der Waals surface area contributed by atoms with Gasteiger partial charge in [0.15, 0.2) is 21.4 Å². The topological polar surface area (TPSA) is 72.5 Å². The van der Waals surface area contributed by atoms with Gasteiger partial charge < -0.3 is 10.1 Å². The molecule has 0 saturated carbocycles. The van der Waals surface area contributed by atoms with Gasteiger partial charge in [0.2, 0.25) is 5.91 Å². The highest BCUT2D eigenvalue weighted by molar-refractivity contribution is 7.92. The van der Waals surface area contributed by atoms with E-state index in [1.807, 2.05) is 0 Å². The van der Waals surface area contributed by atoms with Crippen molar-refractivity contribution in [1.82, 2.24) is 5.32 Å². The van der Waals surface area contributed by atoms with Gasteiger partial charge in [-0.2, -0.15) is 0 Å². The third-order valence-electron chi connectivity index (χ3n) is 3.05. The van der Waals surface area contributed by atoms with Gasteiger partial charge >= 0.3 is 0 Å². The Hall–Kier alpha value is -1.63. The van der Waals surface area contributed by atoms with Crippen LogP contribution in [0.2, 0.25) is 0 Å². The van der Waals surface area contributed by atoms with Gasteiger partial charge in [0.25, 0.3) is 0 Å². The van der Waals surface area contributed by atoms with Crippen molar-refractivity contribution in [2.75, 3.05) is 13.4 Å². The molecule has 0 spiro atoms. The lowest BCUT2D eigenvalue weighted by Gasteiger charge is -2.17. The zero-order chi connectivity index (χ0) is 15.5. The molecular formula is C13H18FNO4S. The molecule has 1 aromatic rings. The van der Waals surface area contributed by atoms with Crippen LogP contribution in [0.4, 0.5) is 4.39 Å². The first-order valence-electron chi connectivity index (χ1n) is 5.99. The second-order valence-corrected chi connectivity index (χ2v) is 6.96. The van der Waals surface area contributed by atoms with Crippen LogP contribution >= 0.6 is 0 Å². The fourth-order valence-corrected chi connectivity index (χ4v) is 2.02. The highest BCUT2D eigenvalue weighted by Crippen LogP contribution is 2.21. The number of hydrogen-bond donors (Lipinski definition) is 1. The Bertz CT molecular complexity index is 600. The third kappa shape index (κ3) is 3.93. The van der Waals surface area contributed by atoms with Gasteiger partial charge in [-0.15, -0.1) is 0 Å². The van der Waals surface area contributed by atoms with Crippen LogP contribution in [0.25, 0.3) is 0 Å². The Morgan fingerprint density at radius 2 is 1.95 bits per heavy atom. The van der Waals surface area contributed by atoms with Gasteiger partial charge in [0, 0.05) is 6.26 Å². The van der Waals surface area contributed by atoms with Crippen molar-refractivity contribution in [3.8, 4) is 5.75 Å². The summed E-state index contributed by atoms with van der Waals surface area (Å²) in [6.07, 6.45) is 0.995. The number of sulfone groups is 1. The molecule has 0 bridgehead atoms. The van der Waals surface area contributed by atoms with Crippen LogP contribution < -0.4 is 10.1 Å². The van der Waals surface area contributed by atoms with E-state index in [2.05, 4.69) is 5.32 Å². The van der Waals surface area contributed by atoms with Crippen LogP contribution in [0.5, 0.6) is 5.75 Å². The van der Waals surface area contributed by atoms with E-state index in [1.165, 1.54) is 26.2 Å². The molecule has 0 aliphatic carbocycles. The van der Waals surface area contributed by atoms with E-state index < -0.39 is 32.9 Å². The van der Waals surface area contributed by atoms with Crippen LogP contribution in [0.15, 0.2) is 18.2 Å². The fourth-order valence-electron chi connectivity index (χ4n) is 1.56. The Balaban J connectivity index is 2.84. The van der Waals surface area contributed by atoms with Crippen LogP contribution in [0, 0.1) is 5.82 Å². The standard InChI is InChI=1S/C13H18FNO4S/c1-8(15-13(16)9(2)20(4,17)18)10-5-6-12(19-3)11(14)7-10/h5-9H,1-4H3,(H,15,16)/t8-,9-/m1/s1. The molecule has 5 nitrogen and oxygen atoms in total. The van der Waals surface area contributed by atoms with E-state index in [0.29, 0.717) is 5.56 Å². The summed E-state index contributed by atoms with van der Waals surface area (Å²) in [6.45, 7) is 2.96. The summed E-state index contributed by atoms with van der Waals surface area (Å²) in [5, 5.41) is 1.40. The minimum Gasteiger partial charge on any atom is -0.494 e. The van der Waals surface area contributed by atoms with Gasteiger partial charge in [0.1, 0.15) is 5.25 Å². The van der Waals surface area contributed by atoms with E-state index >= 15 is 0 Å². The molecule has 0 unspecified atom stereocenters. The number of benzene rings is 1. The van der Waals surface area contributed by atoms with Crippen molar-refractivity contribution in [2.24, 2.45) is 0 Å². The maximum absolute atomic E-state index is 13.6. The number of hydrogen-bond acceptors (Lipinski definition) is 4. The van der Waals surface area contributed by atoms with E-state index in [-0.39, 0.29) is 5.75 Å². The van der Waals surface area contributed by atoms with Crippen molar-refractivity contribution in [3.63, 3.8) is 0 Å². The molecule has 0 radical (unpaired) electrons. The van der Waals surface area contributed by atoms with Crippen molar-refractivity contribution in [3.05, 3.63) is 29.6 Å². The van der Waals surface area contributed by atoms with Crippen molar-refractivity contribution < 1.29 is 22.3 Å². The van der Waals surface area contributed by atoms with E-state index in [1.54, 1.807) is 13.0 Å². The molecule has 1 N–H and O–H groups in total. The molecule has 7 heteroatoms. The van der Waals surface area contributed by atoms with Gasteiger partial charge in [0.05, 0.1) is 13.2 Å². The molecule has 0 heterocycles. The lowest BCUT2D eigenvalue weighted by Crippen LogP contribution is -2.38. The highest BCUT2D eigenvalue weighted by atomic mass is 32.2. The summed E-state index contributed by atoms with van der Waals surface area (Å²) in [6, 6.07) is 3.80. The highest BCUT2D eigenvalue weighted by Gasteiger charge is 2.25. The first-order valence-corrected chi connectivity index (χ1v) is 7.95. The fraction of sp³-hybridized carbons (Fsp3) is 0.462. The van der Waals surface area contributed by atoms with Crippen molar-refractivity contribution in [2.45, 2.75) is 25.1 Å². The van der Waals surface area contributed by atoms with Gasteiger partial charge in [-0.25, -0.2) is 12.8 Å². The van der Waals surface area contributed by atoms with Crippen molar-refractivity contribution >= 4 is 15.7 Å². The molecule has 0 aromatic heterocycles. The smallest absolute Gasteiger partial charge is 0.238 e. The molecule has 1 amide bonds. The second kappa shape index (κ2) is 6.21. The average molecular weight is 303 g/mol. The predicted molar refractivity (Wildman–Crippen MR) is 73.8 cm³/mol. The Kier molecular flexibility index (Phi) is 5.10. The van der Waals surface area contributed by atoms with Crippen LogP contribution in [0.3, 0.4) is 0 Å². The summed E-state index contributed by atoms with van der Waals surface area (Å²) < 4.78 is 40.9. The summed E-state index contributed by atoms with van der Waals surface area (Å²) in [4.78, 5) is 11.8. The number of amides is 1. The lowest BCUT2D eigenvalue weighted by atomic mass is 10.1. The average Bonchev–Trinajstić information content (AvgIpc) is 2.36. The normalized spacial score (nSPS) is 14.4. The summed E-state index contributed by atoms with van der Waals surface area (Å²) in [7, 11) is -2.10. The lowest BCUT2D eigenvalue weighted by molar-refractivity contribution is -0.121. The van der Waals surface area contributed by atoms with Gasteiger partial charge in [-0.05, 0) is 31.5 Å². The zero-order valence-corrected chi connectivity index (χ0v) is 12.6. The number of carbonyl (C=O) groups is 1. The quantitative estimate of drug-likeness (QED) is 0.893. The monoisotopic (exact) mass is 303 g/mol. The van der Waals surface area contributed by atoms with Gasteiger partial charge in [-0.1, -0.05) is 6.07 Å². The molecular weight excluding hydrogens is 285 g/mol. The Morgan fingerprint density at radius 1 is 1.35 bits per heavy atom. The van der Waals surface area contributed by atoms with Crippen LogP contribution in [0.1, 0.15) is 25.5 Å². The summed E-state index contributed by atoms with van der Waals surface area (Å²) in [5.41, 5.74) is 0.525. The maximum Gasteiger partial charge on any atom is 0.238 e. The molecule has 0 saturated heterocycles. The van der Waals surface area contributed by atoms with E-state index in [9.17, 15) is 17.6 Å².